The van der Waals surface area contributed by atoms with Crippen LogP contribution < -0.4 is 14.2 Å². The summed E-state index contributed by atoms with van der Waals surface area (Å²) in [6, 6.07) is 44.8. The molecule has 0 unspecified atom stereocenters. The number of benzene rings is 8. The van der Waals surface area contributed by atoms with E-state index in [0.29, 0.717) is 91.2 Å². The number of hydrogen-bond acceptors (Lipinski definition) is 10. The van der Waals surface area contributed by atoms with Crippen molar-refractivity contribution in [3.05, 3.63) is 253 Å². The molecule has 4 heterocycles. The van der Waals surface area contributed by atoms with Gasteiger partial charge in [0, 0.05) is 94.9 Å². The molecule has 0 bridgehead atoms. The molecule has 0 radical (unpaired) electrons. The van der Waals surface area contributed by atoms with E-state index >= 15 is 0 Å². The zero-order valence-electron chi connectivity index (χ0n) is 58.2. The third kappa shape index (κ3) is 23.4. The molecule has 0 spiro atoms. The molecule has 578 valence electrons. The van der Waals surface area contributed by atoms with Gasteiger partial charge in [-0.1, -0.05) is 187 Å². The Morgan fingerprint density at radius 2 is 0.704 bits per heavy atom. The summed E-state index contributed by atoms with van der Waals surface area (Å²) in [4.78, 5) is 49.5. The molecule has 108 heavy (non-hydrogen) atoms. The minimum absolute atomic E-state index is 0. The highest BCUT2D eigenvalue weighted by Gasteiger charge is 2.24. The lowest BCUT2D eigenvalue weighted by Gasteiger charge is -2.10. The zero-order chi connectivity index (χ0) is 75.8. The summed E-state index contributed by atoms with van der Waals surface area (Å²) in [6.45, 7) is 13.9. The number of H-pyrrole nitrogens is 1. The first-order valence-corrected chi connectivity index (χ1v) is 36.6. The first kappa shape index (κ1) is 92.2. The van der Waals surface area contributed by atoms with Crippen LogP contribution in [0.4, 0.5) is 0 Å². The topological polar surface area (TPSA) is 206 Å². The number of aromatic nitrogens is 4. The van der Waals surface area contributed by atoms with Gasteiger partial charge in [0.2, 0.25) is 0 Å². The number of halogens is 9. The number of carbonyl (C=O) groups is 4. The van der Waals surface area contributed by atoms with E-state index in [1.54, 1.807) is 53.4 Å². The normalized spacial score (nSPS) is 10.5. The van der Waals surface area contributed by atoms with Gasteiger partial charge in [-0.2, -0.15) is 0 Å². The van der Waals surface area contributed by atoms with Crippen LogP contribution in [-0.2, 0) is 79.3 Å². The van der Waals surface area contributed by atoms with Gasteiger partial charge in [-0.25, -0.2) is 0 Å². The number of nitrogens with zero attached hydrogens (tertiary/aromatic N) is 3. The Kier molecular flexibility index (Phi) is 36.4. The number of esters is 2. The van der Waals surface area contributed by atoms with Crippen molar-refractivity contribution >= 4 is 176 Å². The second kappa shape index (κ2) is 42.7. The minimum atomic E-state index is -0.918. The van der Waals surface area contributed by atoms with E-state index in [1.165, 1.54) is 11.6 Å². The molecule has 0 amide bonds. The Hall–Kier alpha value is -8.20. The highest BCUT2D eigenvalue weighted by Crippen LogP contribution is 2.40. The molecule has 16 nitrogen and oxygen atoms in total. The van der Waals surface area contributed by atoms with Gasteiger partial charge in [0.1, 0.15) is 23.0 Å². The number of carbonyl (C=O) groups excluding carboxylic acids is 2. The number of aliphatic carboxylic acids is 2. The summed E-state index contributed by atoms with van der Waals surface area (Å²) in [5.74, 6) is -0.624. The standard InChI is InChI=1S/C21H21Cl2NO3.C19H17Cl2NO3.C18H15Cl2NO3.C14H16ClNO3.C7H6BrCl.4CH4/c1-4-27-21(25)10-16-13(2)24(12-14-5-7-15(22)8-6-14)19-11-18(23)20(26-3)9-17(16)19;1-11-14(8-19(23)24)15-7-18(25-2)16(21)9-17(15)22(11)10-12-3-5-13(20)6-4-12;1-10-13(7-18(23)24)14-6-17(22)15(20)8-16(14)21(10)9-11-2-4-12(19)5-3-11;1-4-19-14(17)6-9-8(2)16-12-7-11(15)13(18-3)5-10(9)12;8-5-6-1-3-7(9)4-2-6;;;;/h5-9,11H,4,10,12H2,1-3H3;3-7,9H,8,10H2,1-2H3,(H,23,24);2-6,8,22H,7,9H2,1H3,(H,23,24);5,7,16H,4,6H2,1-3H3;1-4H,5H2;4*1H4. The first-order valence-electron chi connectivity index (χ1n) is 32.4. The van der Waals surface area contributed by atoms with Crippen LogP contribution in [0.15, 0.2) is 146 Å². The van der Waals surface area contributed by atoms with Crippen LogP contribution in [0.25, 0.3) is 43.6 Å². The number of carboxylic acid groups (broad SMARTS) is 2. The quantitative estimate of drug-likeness (QED) is 0.0415. The third-order valence-electron chi connectivity index (χ3n) is 17.1. The van der Waals surface area contributed by atoms with Gasteiger partial charge in [-0.15, -0.1) is 0 Å². The number of fused-ring (bicyclic) bond motifs is 4. The summed E-state index contributed by atoms with van der Waals surface area (Å²) < 4.78 is 32.2. The van der Waals surface area contributed by atoms with Crippen molar-refractivity contribution in [1.82, 2.24) is 18.7 Å². The lowest BCUT2D eigenvalue weighted by atomic mass is 10.1. The summed E-state index contributed by atoms with van der Waals surface area (Å²) in [6.07, 6.45) is 0.275. The number of phenols is 1. The van der Waals surface area contributed by atoms with Crippen LogP contribution in [0.5, 0.6) is 23.0 Å². The molecule has 8 aromatic carbocycles. The third-order valence-corrected chi connectivity index (χ3v) is 20.0. The number of aromatic amines is 1. The van der Waals surface area contributed by atoms with Gasteiger partial charge < -0.3 is 57.7 Å². The predicted molar refractivity (Wildman–Crippen MR) is 450 cm³/mol. The smallest absolute Gasteiger partial charge is 0.310 e. The predicted octanol–water partition coefficient (Wildman–Crippen LogP) is 24.0. The monoisotopic (exact) mass is 1690 g/mol. The van der Waals surface area contributed by atoms with Gasteiger partial charge in [-0.05, 0) is 183 Å². The average Bonchev–Trinajstić information content (AvgIpc) is 1.62. The Morgan fingerprint density at radius 3 is 1.03 bits per heavy atom. The zero-order valence-corrected chi connectivity index (χ0v) is 65.8. The van der Waals surface area contributed by atoms with Crippen LogP contribution in [0.2, 0.25) is 40.2 Å². The highest BCUT2D eigenvalue weighted by molar-refractivity contribution is 9.08. The molecule has 25 heteroatoms. The molecule has 0 fully saturated rings. The number of rotatable bonds is 20. The molecular weight excluding hydrogens is 1610 g/mol. The summed E-state index contributed by atoms with van der Waals surface area (Å²) in [5.41, 5.74) is 14.9. The van der Waals surface area contributed by atoms with Crippen molar-refractivity contribution in [2.24, 2.45) is 0 Å². The molecule has 0 saturated heterocycles. The molecule has 4 aromatic heterocycles. The highest BCUT2D eigenvalue weighted by atomic mass is 79.9. The fraction of sp³-hybridized carbons (Fsp3) is 0.277. The van der Waals surface area contributed by atoms with Crippen molar-refractivity contribution in [3.63, 3.8) is 0 Å². The number of ether oxygens (including phenoxy) is 5. The van der Waals surface area contributed by atoms with E-state index < -0.39 is 11.9 Å². The van der Waals surface area contributed by atoms with Crippen molar-refractivity contribution in [3.8, 4) is 23.0 Å². The fourth-order valence-corrected chi connectivity index (χ4v) is 13.7. The maximum atomic E-state index is 12.1. The largest absolute Gasteiger partial charge is 0.506 e. The van der Waals surface area contributed by atoms with Gasteiger partial charge >= 0.3 is 23.9 Å². The number of aryl methyl sites for hydroxylation is 1. The van der Waals surface area contributed by atoms with Gasteiger partial charge in [-0.3, -0.25) is 19.2 Å². The molecular formula is C83H91BrCl8N4O12. The Morgan fingerprint density at radius 1 is 0.407 bits per heavy atom. The summed E-state index contributed by atoms with van der Waals surface area (Å²) in [7, 11) is 4.69. The van der Waals surface area contributed by atoms with Gasteiger partial charge in [0.15, 0.2) is 0 Å². The number of phenolic OH excluding ortho intramolecular Hbond substituents is 1. The Bertz CT molecular complexity index is 5060. The molecule has 0 aliphatic carbocycles. The lowest BCUT2D eigenvalue weighted by molar-refractivity contribution is -0.143. The molecule has 0 saturated carbocycles. The number of aromatic hydroxyl groups is 1. The van der Waals surface area contributed by atoms with Crippen molar-refractivity contribution in [1.29, 1.82) is 0 Å². The SMILES string of the molecule is C.C.C.C.CCOC(=O)Cc1c(C)[nH]c2cc(Cl)c(OC)cc12.CCOC(=O)Cc1c(C)n(Cc2ccc(Cl)cc2)c2cc(Cl)c(OC)cc12.COc1cc2c(CC(=O)O)c(C)n(Cc3ccc(Cl)cc3)c2cc1Cl.Cc1c(CC(=O)O)c2cc(O)c(Cl)cc2n1Cc1ccc(Cl)cc1.Clc1ccc(CBr)cc1. The summed E-state index contributed by atoms with van der Waals surface area (Å²) >= 11 is 51.7. The number of hydrogen-bond donors (Lipinski definition) is 4. The average molecular weight is 1700 g/mol. The Labute approximate surface area is 680 Å². The second-order valence-electron chi connectivity index (χ2n) is 23.8. The van der Waals surface area contributed by atoms with Crippen molar-refractivity contribution < 1.29 is 58.2 Å². The first-order chi connectivity index (χ1) is 49.6. The van der Waals surface area contributed by atoms with Crippen molar-refractivity contribution in [2.75, 3.05) is 34.5 Å². The number of carboxylic acids is 2. The van der Waals surface area contributed by atoms with Crippen LogP contribution in [-0.4, -0.2) is 92.4 Å². The van der Waals surface area contributed by atoms with Crippen LogP contribution in [0.3, 0.4) is 0 Å². The number of alkyl halides is 1. The number of methoxy groups -OCH3 is 3. The van der Waals surface area contributed by atoms with Crippen LogP contribution in [0, 0.1) is 27.7 Å². The Balaban J connectivity index is 0.000000290. The van der Waals surface area contributed by atoms with E-state index in [0.717, 1.165) is 105 Å². The molecule has 0 aliphatic heterocycles. The van der Waals surface area contributed by atoms with E-state index in [9.17, 15) is 34.5 Å². The van der Waals surface area contributed by atoms with Crippen molar-refractivity contribution in [2.45, 2.75) is 122 Å². The molecule has 0 aliphatic rings. The van der Waals surface area contributed by atoms with E-state index in [4.69, 9.17) is 116 Å². The fourth-order valence-electron chi connectivity index (χ4n) is 11.9. The molecule has 12 aromatic rings. The van der Waals surface area contributed by atoms with Gasteiger partial charge in [0.05, 0.1) is 96.9 Å². The van der Waals surface area contributed by atoms with E-state index in [2.05, 4.69) is 30.0 Å². The van der Waals surface area contributed by atoms with Crippen LogP contribution in [0.1, 0.15) is 111 Å². The molecule has 12 rings (SSSR count). The van der Waals surface area contributed by atoms with Gasteiger partial charge in [0.25, 0.3) is 0 Å². The molecule has 4 N–H and O–H groups in total. The summed E-state index contributed by atoms with van der Waals surface area (Å²) in [5, 5.41) is 37.3. The molecule has 0 atom stereocenters. The maximum absolute atomic E-state index is 12.1. The second-order valence-corrected chi connectivity index (χ2v) is 27.7. The lowest BCUT2D eigenvalue weighted by Crippen LogP contribution is -2.09. The van der Waals surface area contributed by atoms with E-state index in [-0.39, 0.29) is 78.1 Å². The van der Waals surface area contributed by atoms with Crippen LogP contribution >= 0.6 is 109 Å². The van der Waals surface area contributed by atoms with E-state index in [1.807, 2.05) is 154 Å². The number of nitrogens with one attached hydrogen (secondary N) is 1. The maximum Gasteiger partial charge on any atom is 0.310 e. The minimum Gasteiger partial charge on any atom is -0.506 e.